The third kappa shape index (κ3) is 2.38. The molecule has 0 radical (unpaired) electrons. The maximum absolute atomic E-state index is 13.8. The van der Waals surface area contributed by atoms with E-state index in [9.17, 15) is 30.7 Å². The summed E-state index contributed by atoms with van der Waals surface area (Å²) in [6.07, 6.45) is -3.21. The van der Waals surface area contributed by atoms with E-state index in [0.29, 0.717) is 0 Å². The smallest absolute Gasteiger partial charge is 0.264 e. The van der Waals surface area contributed by atoms with Crippen LogP contribution in [0.2, 0.25) is 0 Å². The molecule has 1 nitrogen and oxygen atoms in total. The summed E-state index contributed by atoms with van der Waals surface area (Å²) in [7, 11) is 1.01. The Kier molecular flexibility index (Phi) is 4.30. The van der Waals surface area contributed by atoms with Gasteiger partial charge in [-0.3, -0.25) is 0 Å². The standard InChI is InChI=1S/C14H7F7O/c1-22-6-4-2-3-5(14(20)21)7(6)8-9(15)11(17)13(19)12(18)10(8)16/h2-4,14H,1H3. The Balaban J connectivity index is 2.94. The van der Waals surface area contributed by atoms with Gasteiger partial charge in [0.2, 0.25) is 5.82 Å². The van der Waals surface area contributed by atoms with Crippen LogP contribution in [0.1, 0.15) is 12.0 Å². The minimum atomic E-state index is -3.21. The summed E-state index contributed by atoms with van der Waals surface area (Å²) in [6, 6.07) is 2.98. The van der Waals surface area contributed by atoms with Crippen molar-refractivity contribution < 1.29 is 35.5 Å². The Morgan fingerprint density at radius 3 is 1.73 bits per heavy atom. The predicted molar refractivity (Wildman–Crippen MR) is 63.2 cm³/mol. The van der Waals surface area contributed by atoms with Crippen molar-refractivity contribution in [1.82, 2.24) is 0 Å². The number of hydrogen-bond acceptors (Lipinski definition) is 1. The topological polar surface area (TPSA) is 9.23 Å². The Hall–Kier alpha value is -2.25. The molecule has 0 saturated heterocycles. The molecule has 0 bridgehead atoms. The van der Waals surface area contributed by atoms with E-state index in [1.54, 1.807) is 0 Å². The normalized spacial score (nSPS) is 11.1. The van der Waals surface area contributed by atoms with Crippen LogP contribution in [0.5, 0.6) is 5.75 Å². The largest absolute Gasteiger partial charge is 0.496 e. The van der Waals surface area contributed by atoms with Gasteiger partial charge in [0.15, 0.2) is 23.3 Å². The van der Waals surface area contributed by atoms with Crippen molar-refractivity contribution in [1.29, 1.82) is 0 Å². The minimum absolute atomic E-state index is 0.444. The number of halogens is 7. The van der Waals surface area contributed by atoms with E-state index in [0.717, 1.165) is 25.3 Å². The predicted octanol–water partition coefficient (Wildman–Crippen LogP) is 5.00. The van der Waals surface area contributed by atoms with Gasteiger partial charge in [0.25, 0.3) is 6.43 Å². The molecule has 0 aliphatic carbocycles. The van der Waals surface area contributed by atoms with Crippen molar-refractivity contribution in [2.75, 3.05) is 7.11 Å². The van der Waals surface area contributed by atoms with Gasteiger partial charge in [-0.1, -0.05) is 12.1 Å². The van der Waals surface area contributed by atoms with Crippen molar-refractivity contribution in [3.8, 4) is 16.9 Å². The van der Waals surface area contributed by atoms with Crippen LogP contribution in [-0.4, -0.2) is 7.11 Å². The lowest BCUT2D eigenvalue weighted by atomic mass is 9.97. The zero-order chi connectivity index (χ0) is 16.6. The molecular weight excluding hydrogens is 317 g/mol. The molecule has 0 aliphatic heterocycles. The van der Waals surface area contributed by atoms with Crippen LogP contribution >= 0.6 is 0 Å². The zero-order valence-electron chi connectivity index (χ0n) is 10.9. The molecule has 22 heavy (non-hydrogen) atoms. The maximum atomic E-state index is 13.8. The Morgan fingerprint density at radius 1 is 0.773 bits per heavy atom. The lowest BCUT2D eigenvalue weighted by Gasteiger charge is -2.16. The quantitative estimate of drug-likeness (QED) is 0.439. The van der Waals surface area contributed by atoms with E-state index in [2.05, 4.69) is 0 Å². The first-order chi connectivity index (χ1) is 10.3. The summed E-state index contributed by atoms with van der Waals surface area (Å²) < 4.78 is 98.0. The first-order valence-corrected chi connectivity index (χ1v) is 5.78. The van der Waals surface area contributed by atoms with E-state index in [1.165, 1.54) is 0 Å². The van der Waals surface area contributed by atoms with Crippen molar-refractivity contribution in [2.24, 2.45) is 0 Å². The van der Waals surface area contributed by atoms with Crippen molar-refractivity contribution in [3.05, 3.63) is 52.8 Å². The second kappa shape index (κ2) is 5.86. The summed E-state index contributed by atoms with van der Waals surface area (Å²) in [5, 5.41) is 0. The van der Waals surface area contributed by atoms with Crippen LogP contribution < -0.4 is 4.74 Å². The molecule has 0 spiro atoms. The number of methoxy groups -OCH3 is 1. The van der Waals surface area contributed by atoms with Gasteiger partial charge in [-0.15, -0.1) is 0 Å². The van der Waals surface area contributed by atoms with Crippen molar-refractivity contribution >= 4 is 0 Å². The van der Waals surface area contributed by atoms with Crippen LogP contribution in [0.25, 0.3) is 11.1 Å². The summed E-state index contributed by atoms with van der Waals surface area (Å²) in [4.78, 5) is 0. The number of ether oxygens (including phenoxy) is 1. The van der Waals surface area contributed by atoms with E-state index >= 15 is 0 Å². The van der Waals surface area contributed by atoms with Gasteiger partial charge in [0.05, 0.1) is 12.7 Å². The maximum Gasteiger partial charge on any atom is 0.264 e. The summed E-state index contributed by atoms with van der Waals surface area (Å²) in [5.41, 5.74) is -3.25. The Morgan fingerprint density at radius 2 is 1.27 bits per heavy atom. The van der Waals surface area contributed by atoms with E-state index in [-0.39, 0.29) is 0 Å². The van der Waals surface area contributed by atoms with Gasteiger partial charge >= 0.3 is 0 Å². The van der Waals surface area contributed by atoms with E-state index in [4.69, 9.17) is 4.74 Å². The molecule has 2 aromatic carbocycles. The lowest BCUT2D eigenvalue weighted by Crippen LogP contribution is -2.06. The van der Waals surface area contributed by atoms with Crippen LogP contribution in [0.15, 0.2) is 18.2 Å². The van der Waals surface area contributed by atoms with Crippen LogP contribution in [0.3, 0.4) is 0 Å². The molecule has 0 aliphatic rings. The lowest BCUT2D eigenvalue weighted by molar-refractivity contribution is 0.151. The van der Waals surface area contributed by atoms with E-state index < -0.39 is 58.0 Å². The Bertz CT molecular complexity index is 699. The first kappa shape index (κ1) is 16.1. The van der Waals surface area contributed by atoms with Gasteiger partial charge in [0.1, 0.15) is 5.75 Å². The molecule has 0 atom stereocenters. The molecule has 0 aromatic heterocycles. The fraction of sp³-hybridized carbons (Fsp3) is 0.143. The highest BCUT2D eigenvalue weighted by Gasteiger charge is 2.31. The number of rotatable bonds is 3. The molecule has 0 unspecified atom stereocenters. The third-order valence-corrected chi connectivity index (χ3v) is 2.97. The molecule has 0 N–H and O–H groups in total. The summed E-state index contributed by atoms with van der Waals surface area (Å²) in [5.74, 6) is -11.7. The second-order valence-electron chi connectivity index (χ2n) is 4.17. The van der Waals surface area contributed by atoms with Crippen LogP contribution in [-0.2, 0) is 0 Å². The van der Waals surface area contributed by atoms with Crippen molar-refractivity contribution in [2.45, 2.75) is 6.43 Å². The molecular formula is C14H7F7O. The Labute approximate surface area is 119 Å². The van der Waals surface area contributed by atoms with Gasteiger partial charge < -0.3 is 4.74 Å². The molecule has 0 fully saturated rings. The van der Waals surface area contributed by atoms with Gasteiger partial charge in [-0.25, -0.2) is 30.7 Å². The average Bonchev–Trinajstić information content (AvgIpc) is 2.51. The molecule has 0 amide bonds. The van der Waals surface area contributed by atoms with Gasteiger partial charge in [0, 0.05) is 11.1 Å². The van der Waals surface area contributed by atoms with Crippen LogP contribution in [0.4, 0.5) is 30.7 Å². The molecule has 2 rings (SSSR count). The van der Waals surface area contributed by atoms with Gasteiger partial charge in [-0.05, 0) is 6.07 Å². The number of alkyl halides is 2. The zero-order valence-corrected chi connectivity index (χ0v) is 10.9. The highest BCUT2D eigenvalue weighted by molar-refractivity contribution is 5.75. The summed E-state index contributed by atoms with van der Waals surface area (Å²) in [6.45, 7) is 0. The van der Waals surface area contributed by atoms with Crippen LogP contribution in [0, 0.1) is 29.1 Å². The monoisotopic (exact) mass is 324 g/mol. The molecule has 0 saturated carbocycles. The SMILES string of the molecule is COc1cccc(C(F)F)c1-c1c(F)c(F)c(F)c(F)c1F. The number of hydrogen-bond donors (Lipinski definition) is 0. The van der Waals surface area contributed by atoms with E-state index in [1.807, 2.05) is 0 Å². The average molecular weight is 324 g/mol. The second-order valence-corrected chi connectivity index (χ2v) is 4.17. The summed E-state index contributed by atoms with van der Waals surface area (Å²) >= 11 is 0. The minimum Gasteiger partial charge on any atom is -0.496 e. The fourth-order valence-corrected chi connectivity index (χ4v) is 1.99. The number of benzene rings is 2. The third-order valence-electron chi connectivity index (χ3n) is 2.97. The first-order valence-electron chi connectivity index (χ1n) is 5.78. The molecule has 2 aromatic rings. The fourth-order valence-electron chi connectivity index (χ4n) is 1.99. The molecule has 0 heterocycles. The highest BCUT2D eigenvalue weighted by Crippen LogP contribution is 2.42. The highest BCUT2D eigenvalue weighted by atomic mass is 19.3. The molecule has 8 heteroatoms. The molecule has 118 valence electrons. The van der Waals surface area contributed by atoms with Crippen molar-refractivity contribution in [3.63, 3.8) is 0 Å². The van der Waals surface area contributed by atoms with Gasteiger partial charge in [-0.2, -0.15) is 0 Å².